The first-order valence-electron chi connectivity index (χ1n) is 10.2. The average molecular weight is 453 g/mol. The van der Waals surface area contributed by atoms with Crippen molar-refractivity contribution in [1.29, 1.82) is 0 Å². The van der Waals surface area contributed by atoms with Crippen molar-refractivity contribution >= 4 is 11.8 Å². The number of aliphatic hydroxyl groups is 4. The van der Waals surface area contributed by atoms with Crippen molar-refractivity contribution in [3.05, 3.63) is 65.7 Å². The molecule has 0 aromatic heterocycles. The van der Waals surface area contributed by atoms with Gasteiger partial charge >= 0.3 is 0 Å². The molecule has 2 heterocycles. The molecule has 0 bridgehead atoms. The van der Waals surface area contributed by atoms with Crippen molar-refractivity contribution < 1.29 is 34.3 Å². The normalized spacial score (nSPS) is 31.4. The molecule has 6 atom stereocenters. The first kappa shape index (κ1) is 24.0. The number of aliphatic hydroxyl groups excluding tert-OH is 4. The van der Waals surface area contributed by atoms with Crippen molar-refractivity contribution in [3.63, 3.8) is 0 Å². The van der Waals surface area contributed by atoms with Gasteiger partial charge in [0.15, 0.2) is 0 Å². The minimum atomic E-state index is -1.46. The lowest BCUT2D eigenvalue weighted by Crippen LogP contribution is -2.58. The van der Waals surface area contributed by atoms with E-state index in [0.29, 0.717) is 12.0 Å². The van der Waals surface area contributed by atoms with Crippen LogP contribution >= 0.6 is 11.8 Å². The van der Waals surface area contributed by atoms with Crippen LogP contribution in [0.3, 0.4) is 0 Å². The van der Waals surface area contributed by atoms with Crippen LogP contribution in [0.2, 0.25) is 0 Å². The van der Waals surface area contributed by atoms with Gasteiger partial charge in [-0.3, -0.25) is 0 Å². The number of benzene rings is 1. The smallest absolute Gasteiger partial charge is 0.129 e. The fourth-order valence-corrected chi connectivity index (χ4v) is 5.16. The Labute approximate surface area is 185 Å². The van der Waals surface area contributed by atoms with E-state index in [1.54, 1.807) is 17.8 Å². The lowest BCUT2D eigenvalue weighted by Gasteiger charge is -2.39. The highest BCUT2D eigenvalue weighted by Crippen LogP contribution is 2.40. The topological polar surface area (TPSA) is 99.4 Å². The maximum Gasteiger partial charge on any atom is 0.129 e. The number of halogens is 1. The van der Waals surface area contributed by atoms with Crippen LogP contribution in [0, 0.1) is 0 Å². The number of rotatable bonds is 8. The minimum Gasteiger partial charge on any atom is -0.497 e. The fourth-order valence-electron chi connectivity index (χ4n) is 3.82. The number of fused-ring (bicyclic) bond motifs is 1. The summed E-state index contributed by atoms with van der Waals surface area (Å²) in [7, 11) is 1.41. The average Bonchev–Trinajstić information content (AvgIpc) is 3.18. The van der Waals surface area contributed by atoms with Crippen LogP contribution in [0.15, 0.2) is 65.1 Å². The summed E-state index contributed by atoms with van der Waals surface area (Å²) < 4.78 is 25.5. The minimum absolute atomic E-state index is 0.0990. The molecule has 0 saturated carbocycles. The largest absolute Gasteiger partial charge is 0.497 e. The maximum atomic E-state index is 15.0. The highest BCUT2D eigenvalue weighted by molar-refractivity contribution is 8.00. The number of methoxy groups -OCH3 is 1. The van der Waals surface area contributed by atoms with E-state index in [2.05, 4.69) is 18.7 Å². The number of ether oxygens (including phenoxy) is 2. The lowest BCUT2D eigenvalue weighted by molar-refractivity contribution is -0.228. The Hall–Kier alpha value is -1.68. The summed E-state index contributed by atoms with van der Waals surface area (Å²) in [6.45, 7) is 3.13. The summed E-state index contributed by atoms with van der Waals surface area (Å²) >= 11 is 1.70. The first-order chi connectivity index (χ1) is 14.8. The van der Waals surface area contributed by atoms with Crippen molar-refractivity contribution in [2.24, 2.45) is 0 Å². The van der Waals surface area contributed by atoms with Gasteiger partial charge in [-0.25, -0.2) is 4.39 Å². The molecular formula is C23H29FO6S. The second-order valence-electron chi connectivity index (χ2n) is 7.75. The molecule has 6 nitrogen and oxygen atoms in total. The van der Waals surface area contributed by atoms with E-state index in [1.165, 1.54) is 23.6 Å². The van der Waals surface area contributed by atoms with Gasteiger partial charge in [0.05, 0.1) is 19.8 Å². The third-order valence-electron chi connectivity index (χ3n) is 5.61. The van der Waals surface area contributed by atoms with Crippen LogP contribution in [0.4, 0.5) is 4.39 Å². The quantitative estimate of drug-likeness (QED) is 0.355. The van der Waals surface area contributed by atoms with Gasteiger partial charge in [-0.1, -0.05) is 30.9 Å². The molecule has 1 aromatic rings. The monoisotopic (exact) mass is 452 g/mol. The standard InChI is InChI=1S/C23H29FO6S/c1-13(29-2)9-17(24)14(10-16-11-15-5-3-4-6-20(15)31-16)7-8-18-21(26)23(28)22(27)19(12-25)30-18/h3-7,9,16,18-19,21-23,25-28H,1,8,10-12H2,2H3/b14-7-,17-9+/t16?,18?,19?,21-,22+,23+/m0/s1. The zero-order valence-electron chi connectivity index (χ0n) is 17.4. The summed E-state index contributed by atoms with van der Waals surface area (Å²) in [5.41, 5.74) is 1.65. The molecule has 3 unspecified atom stereocenters. The van der Waals surface area contributed by atoms with E-state index in [9.17, 15) is 20.4 Å². The first-order valence-corrected chi connectivity index (χ1v) is 11.1. The van der Waals surface area contributed by atoms with Gasteiger partial charge in [-0.15, -0.1) is 11.8 Å². The second-order valence-corrected chi connectivity index (χ2v) is 9.09. The molecule has 2 aliphatic rings. The molecule has 1 saturated heterocycles. The molecule has 170 valence electrons. The molecule has 3 rings (SSSR count). The number of thioether (sulfide) groups is 1. The van der Waals surface area contributed by atoms with E-state index < -0.39 is 43.0 Å². The van der Waals surface area contributed by atoms with Gasteiger partial charge in [0.2, 0.25) is 0 Å². The van der Waals surface area contributed by atoms with E-state index in [1.807, 2.05) is 12.1 Å². The summed E-state index contributed by atoms with van der Waals surface area (Å²) in [6, 6.07) is 8.09. The Balaban J connectivity index is 1.77. The molecule has 4 N–H and O–H groups in total. The third-order valence-corrected chi connectivity index (χ3v) is 6.92. The Morgan fingerprint density at radius 1 is 1.23 bits per heavy atom. The molecule has 1 aromatic carbocycles. The summed E-state index contributed by atoms with van der Waals surface area (Å²) in [5, 5.41) is 39.7. The zero-order valence-corrected chi connectivity index (χ0v) is 18.2. The predicted octanol–water partition coefficient (Wildman–Crippen LogP) is 2.27. The van der Waals surface area contributed by atoms with Gasteiger partial charge < -0.3 is 29.9 Å². The fraction of sp³-hybridized carbons (Fsp3) is 0.478. The van der Waals surface area contributed by atoms with Crippen molar-refractivity contribution in [2.45, 2.75) is 59.9 Å². The van der Waals surface area contributed by atoms with Gasteiger partial charge in [0.1, 0.15) is 36.0 Å². The predicted molar refractivity (Wildman–Crippen MR) is 116 cm³/mol. The van der Waals surface area contributed by atoms with E-state index in [-0.39, 0.29) is 17.4 Å². The molecule has 0 aliphatic carbocycles. The lowest BCUT2D eigenvalue weighted by atomic mass is 9.92. The van der Waals surface area contributed by atoms with Crippen LogP contribution in [0.1, 0.15) is 18.4 Å². The van der Waals surface area contributed by atoms with Crippen LogP contribution in [-0.2, 0) is 15.9 Å². The SMILES string of the molecule is C=C(/C=C(F)\C(=C/CC1OC(CO)[C@@H](O)[C@H](O)[C@H]1O)CC1Cc2ccccc2S1)OC. The maximum absolute atomic E-state index is 15.0. The van der Waals surface area contributed by atoms with Crippen LogP contribution in [0.5, 0.6) is 0 Å². The third kappa shape index (κ3) is 5.77. The zero-order chi connectivity index (χ0) is 22.5. The van der Waals surface area contributed by atoms with Crippen LogP contribution in [0.25, 0.3) is 0 Å². The Kier molecular flexibility index (Phi) is 8.32. The molecule has 31 heavy (non-hydrogen) atoms. The van der Waals surface area contributed by atoms with E-state index in [0.717, 1.165) is 6.42 Å². The van der Waals surface area contributed by atoms with Gasteiger partial charge in [-0.2, -0.15) is 0 Å². The molecule has 0 radical (unpaired) electrons. The summed E-state index contributed by atoms with van der Waals surface area (Å²) in [4.78, 5) is 1.19. The molecule has 0 amide bonds. The Morgan fingerprint density at radius 3 is 2.61 bits per heavy atom. The van der Waals surface area contributed by atoms with Gasteiger partial charge in [0, 0.05) is 16.2 Å². The summed E-state index contributed by atoms with van der Waals surface area (Å²) in [5.74, 6) is -0.313. The van der Waals surface area contributed by atoms with Crippen LogP contribution < -0.4 is 0 Å². The Bertz CT molecular complexity index is 814. The molecule has 8 heteroatoms. The number of hydrogen-bond donors (Lipinski definition) is 4. The van der Waals surface area contributed by atoms with Gasteiger partial charge in [0.25, 0.3) is 0 Å². The highest BCUT2D eigenvalue weighted by atomic mass is 32.2. The van der Waals surface area contributed by atoms with Crippen LogP contribution in [-0.4, -0.2) is 69.9 Å². The van der Waals surface area contributed by atoms with E-state index in [4.69, 9.17) is 9.47 Å². The highest BCUT2D eigenvalue weighted by Gasteiger charge is 2.42. The van der Waals surface area contributed by atoms with Crippen molar-refractivity contribution in [3.8, 4) is 0 Å². The molecular weight excluding hydrogens is 423 g/mol. The number of hydrogen-bond acceptors (Lipinski definition) is 7. The van der Waals surface area contributed by atoms with E-state index >= 15 is 4.39 Å². The molecule has 0 spiro atoms. The summed E-state index contributed by atoms with van der Waals surface area (Å²) in [6.07, 6.45) is -1.92. The van der Waals surface area contributed by atoms with Crippen molar-refractivity contribution in [2.75, 3.05) is 13.7 Å². The number of allylic oxidation sites excluding steroid dienone is 3. The molecule has 1 fully saturated rings. The second kappa shape index (κ2) is 10.8. The Morgan fingerprint density at radius 2 is 1.94 bits per heavy atom. The molecule has 2 aliphatic heterocycles. The van der Waals surface area contributed by atoms with Crippen molar-refractivity contribution in [1.82, 2.24) is 0 Å². The van der Waals surface area contributed by atoms with Gasteiger partial charge in [-0.05, 0) is 36.5 Å².